The Bertz CT molecular complexity index is 172. The van der Waals surface area contributed by atoms with Gasteiger partial charge in [0.05, 0.1) is 5.92 Å². The number of carbonyl (C=O) groups is 1. The lowest BCUT2D eigenvalue weighted by atomic mass is 10.0. The van der Waals surface area contributed by atoms with E-state index in [0.717, 1.165) is 13.0 Å². The van der Waals surface area contributed by atoms with E-state index >= 15 is 0 Å². The highest BCUT2D eigenvalue weighted by Gasteiger charge is 2.20. The molecular formula is C10H22N2O2. The Balaban J connectivity index is 3.86. The second-order valence-electron chi connectivity index (χ2n) is 3.75. The molecule has 4 heteroatoms. The van der Waals surface area contributed by atoms with E-state index in [4.69, 9.17) is 10.5 Å². The first-order chi connectivity index (χ1) is 6.50. The molecule has 2 unspecified atom stereocenters. The topological polar surface area (TPSA) is 55.6 Å². The van der Waals surface area contributed by atoms with E-state index in [1.54, 1.807) is 19.1 Å². The lowest BCUT2D eigenvalue weighted by molar-refractivity contribution is -0.134. The maximum atomic E-state index is 11.7. The minimum atomic E-state index is -0.109. The number of ether oxygens (including phenoxy) is 1. The van der Waals surface area contributed by atoms with Crippen LogP contribution < -0.4 is 5.73 Å². The van der Waals surface area contributed by atoms with Gasteiger partial charge >= 0.3 is 0 Å². The van der Waals surface area contributed by atoms with Crippen molar-refractivity contribution in [1.82, 2.24) is 4.90 Å². The molecule has 0 aromatic rings. The molecule has 0 saturated heterocycles. The van der Waals surface area contributed by atoms with Gasteiger partial charge in [0.1, 0.15) is 0 Å². The summed E-state index contributed by atoms with van der Waals surface area (Å²) in [5.74, 6) is -0.00125. The molecule has 0 bridgehead atoms. The summed E-state index contributed by atoms with van der Waals surface area (Å²) in [5, 5.41) is 0. The van der Waals surface area contributed by atoms with E-state index in [-0.39, 0.29) is 17.9 Å². The van der Waals surface area contributed by atoms with Gasteiger partial charge in [0.2, 0.25) is 5.91 Å². The first-order valence-corrected chi connectivity index (χ1v) is 5.00. The molecule has 0 aromatic carbocycles. The summed E-state index contributed by atoms with van der Waals surface area (Å²) in [6.45, 7) is 5.12. The number of amides is 1. The van der Waals surface area contributed by atoms with Crippen molar-refractivity contribution in [1.29, 1.82) is 0 Å². The van der Waals surface area contributed by atoms with Crippen LogP contribution in [-0.2, 0) is 9.53 Å². The van der Waals surface area contributed by atoms with Gasteiger partial charge in [-0.2, -0.15) is 0 Å². The van der Waals surface area contributed by atoms with Gasteiger partial charge in [-0.3, -0.25) is 4.79 Å². The standard InChI is InChI=1S/C10H22N2O2/c1-8(9(2)11)10(13)12(3)6-5-7-14-4/h8-9H,5-7,11H2,1-4H3. The smallest absolute Gasteiger partial charge is 0.226 e. The maximum absolute atomic E-state index is 11.7. The van der Waals surface area contributed by atoms with Crippen molar-refractivity contribution < 1.29 is 9.53 Å². The van der Waals surface area contributed by atoms with Crippen LogP contribution in [0, 0.1) is 5.92 Å². The molecule has 0 aliphatic rings. The second kappa shape index (κ2) is 6.79. The summed E-state index contributed by atoms with van der Waals surface area (Å²) in [6, 6.07) is -0.0904. The number of carbonyl (C=O) groups excluding carboxylic acids is 1. The van der Waals surface area contributed by atoms with E-state index < -0.39 is 0 Å². The summed E-state index contributed by atoms with van der Waals surface area (Å²) in [6.07, 6.45) is 0.865. The van der Waals surface area contributed by atoms with Crippen LogP contribution in [0.1, 0.15) is 20.3 Å². The Morgan fingerprint density at radius 2 is 2.07 bits per heavy atom. The average Bonchev–Trinajstić information content (AvgIpc) is 2.15. The van der Waals surface area contributed by atoms with Gasteiger partial charge in [-0.25, -0.2) is 0 Å². The molecule has 0 fully saturated rings. The van der Waals surface area contributed by atoms with Crippen molar-refractivity contribution in [2.24, 2.45) is 11.7 Å². The highest BCUT2D eigenvalue weighted by atomic mass is 16.5. The van der Waals surface area contributed by atoms with Crippen molar-refractivity contribution in [3.05, 3.63) is 0 Å². The summed E-state index contributed by atoms with van der Waals surface area (Å²) in [7, 11) is 3.46. The Hall–Kier alpha value is -0.610. The van der Waals surface area contributed by atoms with Gasteiger partial charge in [-0.1, -0.05) is 6.92 Å². The first-order valence-electron chi connectivity index (χ1n) is 5.00. The van der Waals surface area contributed by atoms with Crippen LogP contribution in [0.2, 0.25) is 0 Å². The van der Waals surface area contributed by atoms with Crippen molar-refractivity contribution in [3.63, 3.8) is 0 Å². The molecule has 0 aliphatic carbocycles. The third-order valence-electron chi connectivity index (χ3n) is 2.40. The highest BCUT2D eigenvalue weighted by Crippen LogP contribution is 2.04. The molecule has 0 aromatic heterocycles. The Labute approximate surface area is 86.4 Å². The van der Waals surface area contributed by atoms with Crippen molar-refractivity contribution in [3.8, 4) is 0 Å². The van der Waals surface area contributed by atoms with Crippen molar-refractivity contribution in [2.45, 2.75) is 26.3 Å². The molecule has 4 nitrogen and oxygen atoms in total. The lowest BCUT2D eigenvalue weighted by Gasteiger charge is -2.23. The molecule has 0 radical (unpaired) electrons. The Morgan fingerprint density at radius 1 is 1.50 bits per heavy atom. The molecule has 0 spiro atoms. The van der Waals surface area contributed by atoms with Crippen LogP contribution >= 0.6 is 0 Å². The van der Waals surface area contributed by atoms with E-state index in [2.05, 4.69) is 0 Å². The minimum Gasteiger partial charge on any atom is -0.385 e. The predicted molar refractivity (Wildman–Crippen MR) is 56.9 cm³/mol. The van der Waals surface area contributed by atoms with Crippen molar-refractivity contribution >= 4 is 5.91 Å². The average molecular weight is 202 g/mol. The number of nitrogens with two attached hydrogens (primary N) is 1. The van der Waals surface area contributed by atoms with Gasteiger partial charge in [0.15, 0.2) is 0 Å². The maximum Gasteiger partial charge on any atom is 0.226 e. The zero-order valence-corrected chi connectivity index (χ0v) is 9.62. The SMILES string of the molecule is COCCCN(C)C(=O)C(C)C(C)N. The third-order valence-corrected chi connectivity index (χ3v) is 2.40. The molecule has 2 atom stereocenters. The zero-order chi connectivity index (χ0) is 11.1. The van der Waals surface area contributed by atoms with E-state index in [0.29, 0.717) is 6.61 Å². The van der Waals surface area contributed by atoms with Gasteiger partial charge in [-0.05, 0) is 13.3 Å². The molecule has 0 rings (SSSR count). The fraction of sp³-hybridized carbons (Fsp3) is 0.900. The molecule has 84 valence electrons. The molecule has 0 saturated carbocycles. The Morgan fingerprint density at radius 3 is 2.50 bits per heavy atom. The van der Waals surface area contributed by atoms with Crippen molar-refractivity contribution in [2.75, 3.05) is 27.3 Å². The third kappa shape index (κ3) is 4.58. The normalized spacial score (nSPS) is 14.9. The van der Waals surface area contributed by atoms with Crippen LogP contribution in [0.25, 0.3) is 0 Å². The number of rotatable bonds is 6. The van der Waals surface area contributed by atoms with Crippen LogP contribution in [0.4, 0.5) is 0 Å². The minimum absolute atomic E-state index is 0.0904. The monoisotopic (exact) mass is 202 g/mol. The van der Waals surface area contributed by atoms with Crippen LogP contribution in [0.5, 0.6) is 0 Å². The van der Waals surface area contributed by atoms with Crippen LogP contribution in [0.3, 0.4) is 0 Å². The van der Waals surface area contributed by atoms with E-state index in [1.165, 1.54) is 0 Å². The number of nitrogens with zero attached hydrogens (tertiary/aromatic N) is 1. The number of hydrogen-bond donors (Lipinski definition) is 1. The van der Waals surface area contributed by atoms with Gasteiger partial charge in [-0.15, -0.1) is 0 Å². The molecule has 14 heavy (non-hydrogen) atoms. The first kappa shape index (κ1) is 13.4. The molecular weight excluding hydrogens is 180 g/mol. The quantitative estimate of drug-likeness (QED) is 0.637. The largest absolute Gasteiger partial charge is 0.385 e. The number of methoxy groups -OCH3 is 1. The van der Waals surface area contributed by atoms with E-state index in [9.17, 15) is 4.79 Å². The lowest BCUT2D eigenvalue weighted by Crippen LogP contribution is -2.40. The summed E-state index contributed by atoms with van der Waals surface area (Å²) >= 11 is 0. The van der Waals surface area contributed by atoms with Crippen LogP contribution in [0.15, 0.2) is 0 Å². The van der Waals surface area contributed by atoms with Gasteiger partial charge in [0.25, 0.3) is 0 Å². The summed E-state index contributed by atoms with van der Waals surface area (Å²) in [4.78, 5) is 13.4. The molecule has 1 amide bonds. The second-order valence-corrected chi connectivity index (χ2v) is 3.75. The zero-order valence-electron chi connectivity index (χ0n) is 9.62. The summed E-state index contributed by atoms with van der Waals surface area (Å²) < 4.78 is 4.92. The molecule has 2 N–H and O–H groups in total. The van der Waals surface area contributed by atoms with E-state index in [1.807, 2.05) is 13.8 Å². The predicted octanol–water partition coefficient (Wildman–Crippen LogP) is 0.465. The molecule has 0 heterocycles. The molecule has 0 aliphatic heterocycles. The van der Waals surface area contributed by atoms with Crippen LogP contribution in [-0.4, -0.2) is 44.2 Å². The summed E-state index contributed by atoms with van der Waals surface area (Å²) in [5.41, 5.74) is 5.66. The van der Waals surface area contributed by atoms with Gasteiger partial charge in [0, 0.05) is 33.4 Å². The Kier molecular flexibility index (Phi) is 6.49. The van der Waals surface area contributed by atoms with Gasteiger partial charge < -0.3 is 15.4 Å². The fourth-order valence-corrected chi connectivity index (χ4v) is 1.13. The fourth-order valence-electron chi connectivity index (χ4n) is 1.13. The highest BCUT2D eigenvalue weighted by molar-refractivity contribution is 5.78. The number of hydrogen-bond acceptors (Lipinski definition) is 3.